The lowest BCUT2D eigenvalue weighted by Gasteiger charge is -2.23. The highest BCUT2D eigenvalue weighted by Crippen LogP contribution is 2.24. The van der Waals surface area contributed by atoms with Gasteiger partial charge in [-0.25, -0.2) is 14.0 Å². The summed E-state index contributed by atoms with van der Waals surface area (Å²) in [5, 5.41) is 11.8. The molecular weight excluding hydrogens is 263 g/mol. The Balaban J connectivity index is 1.94. The van der Waals surface area contributed by atoms with E-state index in [-0.39, 0.29) is 18.3 Å². The number of nitrogens with one attached hydrogen (secondary N) is 1. The van der Waals surface area contributed by atoms with Crippen LogP contribution in [0.3, 0.4) is 0 Å². The van der Waals surface area contributed by atoms with Crippen LogP contribution in [-0.2, 0) is 11.3 Å². The van der Waals surface area contributed by atoms with E-state index in [1.165, 1.54) is 17.0 Å². The molecule has 0 bridgehead atoms. The summed E-state index contributed by atoms with van der Waals surface area (Å²) in [6.07, 6.45) is 0.681. The molecule has 0 aromatic heterocycles. The Labute approximate surface area is 116 Å². The number of carboxylic acids is 1. The third-order valence-electron chi connectivity index (χ3n) is 3.57. The van der Waals surface area contributed by atoms with Crippen molar-refractivity contribution in [1.82, 2.24) is 10.2 Å². The zero-order valence-corrected chi connectivity index (χ0v) is 11.2. The van der Waals surface area contributed by atoms with Crippen LogP contribution in [0.5, 0.6) is 0 Å². The Kier molecular flexibility index (Phi) is 4.22. The van der Waals surface area contributed by atoms with Gasteiger partial charge >= 0.3 is 12.0 Å². The van der Waals surface area contributed by atoms with Crippen molar-refractivity contribution in [2.75, 3.05) is 6.54 Å². The number of amides is 2. The average Bonchev–Trinajstić information content (AvgIpc) is 2.80. The number of likely N-dealkylation sites (tertiary alicyclic amines) is 1. The van der Waals surface area contributed by atoms with E-state index in [9.17, 15) is 14.0 Å². The number of nitrogens with zero attached hydrogens (tertiary/aromatic N) is 1. The van der Waals surface area contributed by atoms with Crippen LogP contribution in [0.1, 0.15) is 18.9 Å². The number of carbonyl (C=O) groups is 2. The molecule has 0 aliphatic carbocycles. The molecular formula is C14H17FN2O3. The molecule has 2 N–H and O–H groups in total. The minimum absolute atomic E-state index is 0.0518. The van der Waals surface area contributed by atoms with Gasteiger partial charge in [0.2, 0.25) is 0 Å². The Morgan fingerprint density at radius 3 is 2.65 bits per heavy atom. The van der Waals surface area contributed by atoms with Crippen molar-refractivity contribution in [3.8, 4) is 0 Å². The maximum Gasteiger partial charge on any atom is 0.326 e. The largest absolute Gasteiger partial charge is 0.480 e. The number of carboxylic acid groups (broad SMARTS) is 1. The number of rotatable bonds is 3. The third kappa shape index (κ3) is 3.07. The van der Waals surface area contributed by atoms with Crippen molar-refractivity contribution < 1.29 is 19.1 Å². The third-order valence-corrected chi connectivity index (χ3v) is 3.57. The van der Waals surface area contributed by atoms with Gasteiger partial charge in [-0.3, -0.25) is 0 Å². The highest BCUT2D eigenvalue weighted by Gasteiger charge is 2.39. The smallest absolute Gasteiger partial charge is 0.326 e. The summed E-state index contributed by atoms with van der Waals surface area (Å²) in [5.41, 5.74) is 0.763. The van der Waals surface area contributed by atoms with E-state index < -0.39 is 18.0 Å². The molecule has 20 heavy (non-hydrogen) atoms. The maximum atomic E-state index is 12.8. The van der Waals surface area contributed by atoms with Crippen molar-refractivity contribution in [2.45, 2.75) is 25.9 Å². The maximum absolute atomic E-state index is 12.8. The van der Waals surface area contributed by atoms with Gasteiger partial charge in [0.15, 0.2) is 0 Å². The predicted octanol–water partition coefficient (Wildman–Crippen LogP) is 1.83. The van der Waals surface area contributed by atoms with Crippen LogP contribution in [0, 0.1) is 11.7 Å². The summed E-state index contributed by atoms with van der Waals surface area (Å²) in [7, 11) is 0. The van der Waals surface area contributed by atoms with Crippen LogP contribution >= 0.6 is 0 Å². The monoisotopic (exact) mass is 280 g/mol. The van der Waals surface area contributed by atoms with Crippen LogP contribution in [0.25, 0.3) is 0 Å². The minimum Gasteiger partial charge on any atom is -0.480 e. The number of benzene rings is 1. The molecule has 2 amide bonds. The first-order valence-electron chi connectivity index (χ1n) is 6.50. The molecule has 1 heterocycles. The van der Waals surface area contributed by atoms with E-state index in [1.54, 1.807) is 12.1 Å². The number of hydrogen-bond donors (Lipinski definition) is 2. The van der Waals surface area contributed by atoms with E-state index in [4.69, 9.17) is 5.11 Å². The lowest BCUT2D eigenvalue weighted by molar-refractivity contribution is -0.142. The molecule has 2 rings (SSSR count). The SMILES string of the molecule is CC1CCN(C(=O)NCc2ccc(F)cc2)C1C(=O)O. The van der Waals surface area contributed by atoms with Gasteiger partial charge in [-0.1, -0.05) is 19.1 Å². The molecule has 1 aromatic carbocycles. The topological polar surface area (TPSA) is 69.6 Å². The number of urea groups is 1. The Bertz CT molecular complexity index is 504. The molecule has 1 fully saturated rings. The number of halogens is 1. The van der Waals surface area contributed by atoms with Crippen LogP contribution in [-0.4, -0.2) is 34.6 Å². The molecule has 2 unspecified atom stereocenters. The lowest BCUT2D eigenvalue weighted by atomic mass is 10.0. The first-order chi connectivity index (χ1) is 9.49. The molecule has 0 radical (unpaired) electrons. The minimum atomic E-state index is -0.980. The molecule has 1 aliphatic heterocycles. The van der Waals surface area contributed by atoms with E-state index in [2.05, 4.69) is 5.32 Å². The Hall–Kier alpha value is -2.11. The summed E-state index contributed by atoms with van der Waals surface area (Å²) in [5.74, 6) is -1.37. The number of aliphatic carboxylic acids is 1. The van der Waals surface area contributed by atoms with Crippen molar-refractivity contribution in [1.29, 1.82) is 0 Å². The van der Waals surface area contributed by atoms with E-state index in [0.717, 1.165) is 5.56 Å². The van der Waals surface area contributed by atoms with Crippen molar-refractivity contribution in [2.24, 2.45) is 5.92 Å². The van der Waals surface area contributed by atoms with Gasteiger partial charge in [0.05, 0.1) is 0 Å². The second-order valence-corrected chi connectivity index (χ2v) is 5.03. The highest BCUT2D eigenvalue weighted by atomic mass is 19.1. The van der Waals surface area contributed by atoms with Crippen LogP contribution < -0.4 is 5.32 Å². The standard InChI is InChI=1S/C14H17FN2O3/c1-9-6-7-17(12(9)13(18)19)14(20)16-8-10-2-4-11(15)5-3-10/h2-5,9,12H,6-8H2,1H3,(H,16,20)(H,18,19). The number of carbonyl (C=O) groups excluding carboxylic acids is 1. The molecule has 0 spiro atoms. The predicted molar refractivity (Wildman–Crippen MR) is 70.5 cm³/mol. The van der Waals surface area contributed by atoms with E-state index in [0.29, 0.717) is 13.0 Å². The quantitative estimate of drug-likeness (QED) is 0.887. The zero-order valence-electron chi connectivity index (χ0n) is 11.2. The van der Waals surface area contributed by atoms with Crippen molar-refractivity contribution in [3.63, 3.8) is 0 Å². The fourth-order valence-corrected chi connectivity index (χ4v) is 2.43. The first kappa shape index (κ1) is 14.3. The molecule has 2 atom stereocenters. The fraction of sp³-hybridized carbons (Fsp3) is 0.429. The summed E-state index contributed by atoms with van der Waals surface area (Å²) >= 11 is 0. The molecule has 5 nitrogen and oxygen atoms in total. The number of hydrogen-bond acceptors (Lipinski definition) is 2. The van der Waals surface area contributed by atoms with Gasteiger partial charge in [-0.15, -0.1) is 0 Å². The lowest BCUT2D eigenvalue weighted by Crippen LogP contribution is -2.47. The van der Waals surface area contributed by atoms with Gasteiger partial charge in [0.25, 0.3) is 0 Å². The van der Waals surface area contributed by atoms with Crippen LogP contribution in [0.4, 0.5) is 9.18 Å². The summed E-state index contributed by atoms with van der Waals surface area (Å²) in [6, 6.07) is 4.63. The van der Waals surface area contributed by atoms with Gasteiger partial charge < -0.3 is 15.3 Å². The zero-order chi connectivity index (χ0) is 14.7. The van der Waals surface area contributed by atoms with Crippen molar-refractivity contribution >= 4 is 12.0 Å². The van der Waals surface area contributed by atoms with Crippen LogP contribution in [0.15, 0.2) is 24.3 Å². The molecule has 0 saturated carbocycles. The average molecular weight is 280 g/mol. The molecule has 1 aliphatic rings. The van der Waals surface area contributed by atoms with Crippen LogP contribution in [0.2, 0.25) is 0 Å². The molecule has 1 saturated heterocycles. The Morgan fingerprint density at radius 1 is 1.40 bits per heavy atom. The van der Waals surface area contributed by atoms with Gasteiger partial charge in [-0.2, -0.15) is 0 Å². The van der Waals surface area contributed by atoms with Gasteiger partial charge in [0.1, 0.15) is 11.9 Å². The van der Waals surface area contributed by atoms with E-state index >= 15 is 0 Å². The van der Waals surface area contributed by atoms with Crippen molar-refractivity contribution in [3.05, 3.63) is 35.6 Å². The Morgan fingerprint density at radius 2 is 2.05 bits per heavy atom. The highest BCUT2D eigenvalue weighted by molar-refractivity contribution is 5.83. The van der Waals surface area contributed by atoms with Gasteiger partial charge in [-0.05, 0) is 30.0 Å². The molecule has 6 heteroatoms. The fourth-order valence-electron chi connectivity index (χ4n) is 2.43. The normalized spacial score (nSPS) is 21.8. The molecule has 1 aromatic rings. The first-order valence-corrected chi connectivity index (χ1v) is 6.50. The van der Waals surface area contributed by atoms with E-state index in [1.807, 2.05) is 6.92 Å². The van der Waals surface area contributed by atoms with Gasteiger partial charge in [0, 0.05) is 13.1 Å². The summed E-state index contributed by atoms with van der Waals surface area (Å²) < 4.78 is 12.8. The summed E-state index contributed by atoms with van der Waals surface area (Å²) in [6.45, 7) is 2.51. The second-order valence-electron chi connectivity index (χ2n) is 5.03. The molecule has 108 valence electrons. The summed E-state index contributed by atoms with van der Waals surface area (Å²) in [4.78, 5) is 24.5. The second kappa shape index (κ2) is 5.90.